The van der Waals surface area contributed by atoms with E-state index in [9.17, 15) is 9.59 Å². The molecule has 0 fully saturated rings. The van der Waals surface area contributed by atoms with Gasteiger partial charge in [-0.15, -0.1) is 0 Å². The van der Waals surface area contributed by atoms with Gasteiger partial charge in [0.15, 0.2) is 11.2 Å². The van der Waals surface area contributed by atoms with Crippen LogP contribution in [0, 0.1) is 0 Å². The van der Waals surface area contributed by atoms with E-state index in [0.29, 0.717) is 17.7 Å². The highest BCUT2D eigenvalue weighted by Gasteiger charge is 2.15. The lowest BCUT2D eigenvalue weighted by Gasteiger charge is -2.09. The smallest absolute Gasteiger partial charge is 0.332 e. The number of imidazole rings is 1. The number of aromatic nitrogens is 4. The molecule has 0 aliphatic heterocycles. The van der Waals surface area contributed by atoms with Crippen LogP contribution < -0.4 is 11.2 Å². The molecule has 7 nitrogen and oxygen atoms in total. The van der Waals surface area contributed by atoms with Gasteiger partial charge in [0.2, 0.25) is 0 Å². The van der Waals surface area contributed by atoms with E-state index in [0.717, 1.165) is 10.1 Å². The Morgan fingerprint density at radius 2 is 1.91 bits per heavy atom. The number of nitrogens with zero attached hydrogens (tertiary/aromatic N) is 4. The van der Waals surface area contributed by atoms with Gasteiger partial charge in [0.05, 0.1) is 19.5 Å². The first-order valence-corrected chi connectivity index (χ1v) is 6.93. The Morgan fingerprint density at radius 1 is 1.18 bits per heavy atom. The summed E-state index contributed by atoms with van der Waals surface area (Å²) in [5.74, 6) is 0. The zero-order valence-corrected chi connectivity index (χ0v) is 12.1. The SMILES string of the molecule is Cn1c(=O)c2c(ncn2Cc2ccccc2)n(CCO)c1=O. The molecule has 0 amide bonds. The summed E-state index contributed by atoms with van der Waals surface area (Å²) < 4.78 is 4.08. The molecular weight excluding hydrogens is 284 g/mol. The van der Waals surface area contributed by atoms with Crippen LogP contribution in [0.1, 0.15) is 5.56 Å². The molecule has 0 radical (unpaired) electrons. The summed E-state index contributed by atoms with van der Waals surface area (Å²) in [4.78, 5) is 28.7. The molecule has 0 atom stereocenters. The number of benzene rings is 1. The van der Waals surface area contributed by atoms with E-state index in [1.807, 2.05) is 30.3 Å². The minimum Gasteiger partial charge on any atom is -0.395 e. The highest BCUT2D eigenvalue weighted by atomic mass is 16.3. The number of hydrogen-bond acceptors (Lipinski definition) is 4. The molecular formula is C15H16N4O3. The quantitative estimate of drug-likeness (QED) is 0.731. The monoisotopic (exact) mass is 300 g/mol. The van der Waals surface area contributed by atoms with Gasteiger partial charge in [-0.25, -0.2) is 9.78 Å². The van der Waals surface area contributed by atoms with Crippen LogP contribution in [-0.4, -0.2) is 30.4 Å². The van der Waals surface area contributed by atoms with Crippen molar-refractivity contribution in [3.05, 3.63) is 63.1 Å². The summed E-state index contributed by atoms with van der Waals surface area (Å²) in [6, 6.07) is 9.69. The lowest BCUT2D eigenvalue weighted by atomic mass is 10.2. The average Bonchev–Trinajstić information content (AvgIpc) is 2.94. The van der Waals surface area contributed by atoms with E-state index in [2.05, 4.69) is 4.98 Å². The van der Waals surface area contributed by atoms with Gasteiger partial charge in [-0.1, -0.05) is 30.3 Å². The summed E-state index contributed by atoms with van der Waals surface area (Å²) in [5.41, 5.74) is 0.834. The van der Waals surface area contributed by atoms with Gasteiger partial charge in [-0.2, -0.15) is 0 Å². The van der Waals surface area contributed by atoms with Crippen molar-refractivity contribution in [2.24, 2.45) is 7.05 Å². The lowest BCUT2D eigenvalue weighted by Crippen LogP contribution is -2.39. The van der Waals surface area contributed by atoms with Gasteiger partial charge < -0.3 is 9.67 Å². The predicted molar refractivity (Wildman–Crippen MR) is 81.9 cm³/mol. The van der Waals surface area contributed by atoms with E-state index < -0.39 is 5.69 Å². The maximum atomic E-state index is 12.4. The topological polar surface area (TPSA) is 82.1 Å². The molecule has 0 aliphatic carbocycles. The van der Waals surface area contributed by atoms with Gasteiger partial charge in [-0.3, -0.25) is 13.9 Å². The molecule has 3 aromatic rings. The van der Waals surface area contributed by atoms with Gasteiger partial charge in [-0.05, 0) is 5.56 Å². The van der Waals surface area contributed by atoms with E-state index in [1.165, 1.54) is 11.6 Å². The van der Waals surface area contributed by atoms with Crippen LogP contribution in [0.2, 0.25) is 0 Å². The average molecular weight is 300 g/mol. The second-order valence-electron chi connectivity index (χ2n) is 5.05. The van der Waals surface area contributed by atoms with Crippen molar-refractivity contribution < 1.29 is 5.11 Å². The Balaban J connectivity index is 2.22. The summed E-state index contributed by atoms with van der Waals surface area (Å²) in [6.07, 6.45) is 1.55. The van der Waals surface area contributed by atoms with E-state index in [1.54, 1.807) is 10.9 Å². The summed E-state index contributed by atoms with van der Waals surface area (Å²) in [6.45, 7) is 0.397. The number of hydrogen-bond donors (Lipinski definition) is 1. The predicted octanol–water partition coefficient (Wildman–Crippen LogP) is -0.0627. The van der Waals surface area contributed by atoms with Crippen LogP contribution in [0.5, 0.6) is 0 Å². The van der Waals surface area contributed by atoms with Gasteiger partial charge in [0.1, 0.15) is 0 Å². The highest BCUT2D eigenvalue weighted by Crippen LogP contribution is 2.10. The maximum absolute atomic E-state index is 12.4. The zero-order valence-electron chi connectivity index (χ0n) is 12.1. The molecule has 0 saturated heterocycles. The Bertz CT molecular complexity index is 922. The largest absolute Gasteiger partial charge is 0.395 e. The molecule has 2 aromatic heterocycles. The van der Waals surface area contributed by atoms with E-state index in [4.69, 9.17) is 5.11 Å². The van der Waals surface area contributed by atoms with Crippen molar-refractivity contribution in [3.8, 4) is 0 Å². The van der Waals surface area contributed by atoms with Crippen molar-refractivity contribution in [2.75, 3.05) is 6.61 Å². The van der Waals surface area contributed by atoms with Crippen molar-refractivity contribution in [3.63, 3.8) is 0 Å². The molecule has 0 bridgehead atoms. The van der Waals surface area contributed by atoms with Crippen molar-refractivity contribution in [2.45, 2.75) is 13.1 Å². The molecule has 2 heterocycles. The molecule has 3 rings (SSSR count). The molecule has 0 unspecified atom stereocenters. The molecule has 1 N–H and O–H groups in total. The van der Waals surface area contributed by atoms with Crippen LogP contribution in [-0.2, 0) is 20.1 Å². The standard InChI is InChI=1S/C15H16N4O3/c1-17-14(21)12-13(19(7-8-20)15(17)22)16-10-18(12)9-11-5-3-2-4-6-11/h2-6,10,20H,7-9H2,1H3. The summed E-state index contributed by atoms with van der Waals surface area (Å²) in [5, 5.41) is 9.12. The van der Waals surface area contributed by atoms with Crippen LogP contribution in [0.25, 0.3) is 11.2 Å². The van der Waals surface area contributed by atoms with Crippen molar-refractivity contribution in [1.29, 1.82) is 0 Å². The number of aliphatic hydroxyl groups excluding tert-OH is 1. The second kappa shape index (κ2) is 5.61. The molecule has 0 saturated carbocycles. The minimum absolute atomic E-state index is 0.103. The third-order valence-electron chi connectivity index (χ3n) is 3.62. The normalized spacial score (nSPS) is 11.2. The fraction of sp³-hybridized carbons (Fsp3) is 0.267. The van der Waals surface area contributed by atoms with Crippen molar-refractivity contribution in [1.82, 2.24) is 18.7 Å². The van der Waals surface area contributed by atoms with Crippen LogP contribution >= 0.6 is 0 Å². The Labute approximate surface area is 125 Å². The fourth-order valence-corrected chi connectivity index (χ4v) is 2.51. The van der Waals surface area contributed by atoms with Crippen LogP contribution in [0.4, 0.5) is 0 Å². The van der Waals surface area contributed by atoms with E-state index >= 15 is 0 Å². The highest BCUT2D eigenvalue weighted by molar-refractivity contribution is 5.70. The number of rotatable bonds is 4. The van der Waals surface area contributed by atoms with Crippen molar-refractivity contribution >= 4 is 11.2 Å². The first kappa shape index (κ1) is 14.3. The van der Waals surface area contributed by atoms with E-state index in [-0.39, 0.29) is 18.7 Å². The zero-order chi connectivity index (χ0) is 15.7. The Morgan fingerprint density at radius 3 is 2.59 bits per heavy atom. The Kier molecular flexibility index (Phi) is 3.64. The number of fused-ring (bicyclic) bond motifs is 1. The Hall–Kier alpha value is -2.67. The first-order chi connectivity index (χ1) is 10.6. The molecule has 0 aliphatic rings. The minimum atomic E-state index is -0.475. The lowest BCUT2D eigenvalue weighted by molar-refractivity contribution is 0.274. The molecule has 114 valence electrons. The second-order valence-corrected chi connectivity index (χ2v) is 5.05. The molecule has 22 heavy (non-hydrogen) atoms. The molecule has 1 aromatic carbocycles. The van der Waals surface area contributed by atoms with Gasteiger partial charge in [0, 0.05) is 13.6 Å². The third kappa shape index (κ3) is 2.25. The van der Waals surface area contributed by atoms with Gasteiger partial charge >= 0.3 is 5.69 Å². The number of aliphatic hydroxyl groups is 1. The van der Waals surface area contributed by atoms with Crippen LogP contribution in [0.15, 0.2) is 46.2 Å². The summed E-state index contributed by atoms with van der Waals surface area (Å²) >= 11 is 0. The molecule has 0 spiro atoms. The fourth-order valence-electron chi connectivity index (χ4n) is 2.51. The first-order valence-electron chi connectivity index (χ1n) is 6.93. The maximum Gasteiger partial charge on any atom is 0.332 e. The molecule has 7 heteroatoms. The summed E-state index contributed by atoms with van der Waals surface area (Å²) in [7, 11) is 1.43. The third-order valence-corrected chi connectivity index (χ3v) is 3.62. The van der Waals surface area contributed by atoms with Crippen LogP contribution in [0.3, 0.4) is 0 Å². The van der Waals surface area contributed by atoms with Gasteiger partial charge in [0.25, 0.3) is 5.56 Å².